The van der Waals surface area contributed by atoms with Gasteiger partial charge in [-0.25, -0.2) is 4.98 Å². The van der Waals surface area contributed by atoms with E-state index in [1.807, 2.05) is 62.8 Å². The number of hydrogen-bond acceptors (Lipinski definition) is 4. The predicted octanol–water partition coefficient (Wildman–Crippen LogP) is 3.21. The van der Waals surface area contributed by atoms with E-state index in [1.54, 1.807) is 10.9 Å². The molecule has 1 aromatic carbocycles. The molecule has 3 aromatic rings. The maximum absolute atomic E-state index is 5.98. The molecule has 0 amide bonds. The van der Waals surface area contributed by atoms with Crippen molar-refractivity contribution in [1.82, 2.24) is 20.1 Å². The van der Waals surface area contributed by atoms with Crippen molar-refractivity contribution in [1.29, 1.82) is 0 Å². The van der Waals surface area contributed by atoms with E-state index < -0.39 is 0 Å². The van der Waals surface area contributed by atoms with Gasteiger partial charge >= 0.3 is 0 Å². The lowest BCUT2D eigenvalue weighted by atomic mass is 10.2. The van der Waals surface area contributed by atoms with Crippen molar-refractivity contribution in [3.05, 3.63) is 71.7 Å². The third kappa shape index (κ3) is 3.96. The van der Waals surface area contributed by atoms with Crippen LogP contribution in [0.5, 0.6) is 11.6 Å². The minimum atomic E-state index is 0.639. The molecule has 0 saturated heterocycles. The van der Waals surface area contributed by atoms with Gasteiger partial charge in [-0.3, -0.25) is 4.68 Å². The smallest absolute Gasteiger partial charge is 0.223 e. The number of nitrogens with zero attached hydrogens (tertiary/aromatic N) is 3. The molecule has 0 fully saturated rings. The lowest BCUT2D eigenvalue weighted by Gasteiger charge is -2.12. The van der Waals surface area contributed by atoms with Crippen LogP contribution in [0.2, 0.25) is 0 Å². The lowest BCUT2D eigenvalue weighted by Crippen LogP contribution is -2.13. The molecule has 5 heteroatoms. The van der Waals surface area contributed by atoms with Crippen LogP contribution in [0, 0.1) is 6.92 Å². The molecular formula is C18H20N4O. The number of para-hydroxylation sites is 1. The molecule has 0 atom stereocenters. The van der Waals surface area contributed by atoms with Crippen LogP contribution in [-0.2, 0) is 20.1 Å². The molecular weight excluding hydrogens is 288 g/mol. The van der Waals surface area contributed by atoms with Crippen LogP contribution in [0.3, 0.4) is 0 Å². The number of benzene rings is 1. The average Bonchev–Trinajstić information content (AvgIpc) is 2.97. The molecule has 1 N–H and O–H groups in total. The number of rotatable bonds is 6. The minimum absolute atomic E-state index is 0.639. The Morgan fingerprint density at radius 3 is 2.78 bits per heavy atom. The summed E-state index contributed by atoms with van der Waals surface area (Å²) in [5.41, 5.74) is 3.27. The Morgan fingerprint density at radius 1 is 1.13 bits per heavy atom. The molecule has 0 spiro atoms. The topological polar surface area (TPSA) is 52.0 Å². The first-order valence-electron chi connectivity index (χ1n) is 7.58. The summed E-state index contributed by atoms with van der Waals surface area (Å²) in [6.45, 7) is 3.47. The molecule has 118 valence electrons. The zero-order valence-corrected chi connectivity index (χ0v) is 13.4. The zero-order chi connectivity index (χ0) is 16.1. The third-order valence-electron chi connectivity index (χ3n) is 3.55. The molecule has 2 heterocycles. The van der Waals surface area contributed by atoms with Crippen molar-refractivity contribution < 1.29 is 4.74 Å². The van der Waals surface area contributed by atoms with E-state index in [1.165, 1.54) is 0 Å². The van der Waals surface area contributed by atoms with Crippen LogP contribution < -0.4 is 10.1 Å². The number of hydrogen-bond donors (Lipinski definition) is 1. The molecule has 0 saturated carbocycles. The van der Waals surface area contributed by atoms with E-state index >= 15 is 0 Å². The van der Waals surface area contributed by atoms with Gasteiger partial charge in [0.05, 0.1) is 6.20 Å². The van der Waals surface area contributed by atoms with E-state index in [-0.39, 0.29) is 0 Å². The van der Waals surface area contributed by atoms with Gasteiger partial charge in [-0.15, -0.1) is 0 Å². The predicted molar refractivity (Wildman–Crippen MR) is 89.2 cm³/mol. The van der Waals surface area contributed by atoms with Gasteiger partial charge in [0.15, 0.2) is 0 Å². The van der Waals surface area contributed by atoms with Crippen LogP contribution in [0.4, 0.5) is 0 Å². The summed E-state index contributed by atoms with van der Waals surface area (Å²) in [6.07, 6.45) is 5.61. The maximum Gasteiger partial charge on any atom is 0.223 e. The fraction of sp³-hybridized carbons (Fsp3) is 0.222. The van der Waals surface area contributed by atoms with E-state index in [9.17, 15) is 0 Å². The number of nitrogens with one attached hydrogen (secondary N) is 1. The summed E-state index contributed by atoms with van der Waals surface area (Å²) in [5, 5.41) is 7.56. The van der Waals surface area contributed by atoms with Crippen LogP contribution in [-0.4, -0.2) is 14.8 Å². The molecule has 0 bridgehead atoms. The van der Waals surface area contributed by atoms with Gasteiger partial charge < -0.3 is 10.1 Å². The van der Waals surface area contributed by atoms with Crippen LogP contribution in [0.1, 0.15) is 16.7 Å². The fourth-order valence-electron chi connectivity index (χ4n) is 2.33. The van der Waals surface area contributed by atoms with Crippen molar-refractivity contribution >= 4 is 0 Å². The third-order valence-corrected chi connectivity index (χ3v) is 3.55. The Balaban J connectivity index is 1.67. The molecule has 0 aliphatic carbocycles. The summed E-state index contributed by atoms with van der Waals surface area (Å²) in [6, 6.07) is 11.9. The summed E-state index contributed by atoms with van der Waals surface area (Å²) >= 11 is 0. The van der Waals surface area contributed by atoms with Gasteiger partial charge in [-0.2, -0.15) is 5.10 Å². The zero-order valence-electron chi connectivity index (χ0n) is 13.4. The standard InChI is InChI=1S/C18H20N4O/c1-14-6-3-4-8-17(14)23-18-16(7-5-9-20-18)12-19-10-15-11-21-22(2)13-15/h3-9,11,13,19H,10,12H2,1-2H3. The first-order chi connectivity index (χ1) is 11.2. The largest absolute Gasteiger partial charge is 0.438 e. The van der Waals surface area contributed by atoms with Crippen molar-refractivity contribution in [2.24, 2.45) is 7.05 Å². The van der Waals surface area contributed by atoms with Gasteiger partial charge in [0, 0.05) is 43.7 Å². The second-order valence-corrected chi connectivity index (χ2v) is 5.46. The van der Waals surface area contributed by atoms with Crippen molar-refractivity contribution in [3.8, 4) is 11.6 Å². The quantitative estimate of drug-likeness (QED) is 0.760. The molecule has 0 unspecified atom stereocenters. The Bertz CT molecular complexity index is 782. The molecule has 0 radical (unpaired) electrons. The van der Waals surface area contributed by atoms with Crippen LogP contribution in [0.25, 0.3) is 0 Å². The fourth-order valence-corrected chi connectivity index (χ4v) is 2.33. The van der Waals surface area contributed by atoms with E-state index in [0.29, 0.717) is 12.4 Å². The van der Waals surface area contributed by atoms with E-state index in [4.69, 9.17) is 4.74 Å². The number of aromatic nitrogens is 3. The summed E-state index contributed by atoms with van der Waals surface area (Å²) in [7, 11) is 1.92. The van der Waals surface area contributed by atoms with Gasteiger partial charge in [0.1, 0.15) is 5.75 Å². The van der Waals surface area contributed by atoms with Gasteiger partial charge in [-0.1, -0.05) is 24.3 Å². The summed E-state index contributed by atoms with van der Waals surface area (Å²) < 4.78 is 7.78. The van der Waals surface area contributed by atoms with E-state index in [2.05, 4.69) is 15.4 Å². The summed E-state index contributed by atoms with van der Waals surface area (Å²) in [4.78, 5) is 4.37. The Morgan fingerprint density at radius 2 is 2.00 bits per heavy atom. The number of aryl methyl sites for hydroxylation is 2. The molecule has 5 nitrogen and oxygen atoms in total. The second-order valence-electron chi connectivity index (χ2n) is 5.46. The average molecular weight is 308 g/mol. The molecule has 0 aliphatic rings. The molecule has 23 heavy (non-hydrogen) atoms. The number of ether oxygens (including phenoxy) is 1. The van der Waals surface area contributed by atoms with Gasteiger partial charge in [0.25, 0.3) is 0 Å². The highest BCUT2D eigenvalue weighted by Gasteiger charge is 2.07. The highest BCUT2D eigenvalue weighted by atomic mass is 16.5. The molecule has 2 aromatic heterocycles. The maximum atomic E-state index is 5.98. The highest BCUT2D eigenvalue weighted by molar-refractivity contribution is 5.37. The molecule has 0 aliphatic heterocycles. The highest BCUT2D eigenvalue weighted by Crippen LogP contribution is 2.25. The first-order valence-corrected chi connectivity index (χ1v) is 7.58. The van der Waals surface area contributed by atoms with Crippen molar-refractivity contribution in [2.75, 3.05) is 0 Å². The monoisotopic (exact) mass is 308 g/mol. The Kier molecular flexibility index (Phi) is 4.68. The van der Waals surface area contributed by atoms with Crippen molar-refractivity contribution in [2.45, 2.75) is 20.0 Å². The summed E-state index contributed by atoms with van der Waals surface area (Å²) in [5.74, 6) is 1.47. The van der Waals surface area contributed by atoms with Gasteiger partial charge in [-0.05, 0) is 24.6 Å². The van der Waals surface area contributed by atoms with Crippen LogP contribution >= 0.6 is 0 Å². The Labute approximate surface area is 135 Å². The second kappa shape index (κ2) is 7.07. The van der Waals surface area contributed by atoms with Crippen molar-refractivity contribution in [3.63, 3.8) is 0 Å². The Hall–Kier alpha value is -2.66. The van der Waals surface area contributed by atoms with E-state index in [0.717, 1.165) is 29.0 Å². The minimum Gasteiger partial charge on any atom is -0.438 e. The van der Waals surface area contributed by atoms with Crippen LogP contribution in [0.15, 0.2) is 55.0 Å². The SMILES string of the molecule is Cc1ccccc1Oc1ncccc1CNCc1cnn(C)c1. The molecule has 3 rings (SSSR count). The normalized spacial score (nSPS) is 10.7. The van der Waals surface area contributed by atoms with Gasteiger partial charge in [0.2, 0.25) is 5.88 Å². The lowest BCUT2D eigenvalue weighted by molar-refractivity contribution is 0.449. The first kappa shape index (κ1) is 15.2. The number of pyridine rings is 1.